The lowest BCUT2D eigenvalue weighted by Crippen LogP contribution is -2.35. The zero-order valence-electron chi connectivity index (χ0n) is 22.3. The van der Waals surface area contributed by atoms with Crippen LogP contribution in [0.3, 0.4) is 0 Å². The fourth-order valence-corrected chi connectivity index (χ4v) is 4.67. The number of hydroxylamine groups is 1. The van der Waals surface area contributed by atoms with E-state index in [1.54, 1.807) is 39.8 Å². The summed E-state index contributed by atoms with van der Waals surface area (Å²) in [6.45, 7) is 10.8. The van der Waals surface area contributed by atoms with Gasteiger partial charge in [0.1, 0.15) is 5.75 Å². The van der Waals surface area contributed by atoms with E-state index in [0.29, 0.717) is 26.1 Å². The first-order valence-corrected chi connectivity index (χ1v) is 13.8. The predicted octanol–water partition coefficient (Wildman–Crippen LogP) is 4.98. The van der Waals surface area contributed by atoms with Gasteiger partial charge in [-0.15, -0.1) is 0 Å². The molecule has 0 bridgehead atoms. The number of carbonyl (C=O) groups excluding carboxylic acids is 1. The van der Waals surface area contributed by atoms with Crippen LogP contribution in [0.25, 0.3) is 0 Å². The molecule has 8 nitrogen and oxygen atoms in total. The van der Waals surface area contributed by atoms with Crippen molar-refractivity contribution in [2.75, 3.05) is 32.1 Å². The lowest BCUT2D eigenvalue weighted by molar-refractivity contribution is -0.155. The number of hydrogen-bond acceptors (Lipinski definition) is 7. The number of benzene rings is 2. The molecule has 0 saturated heterocycles. The number of hydrogen-bond donors (Lipinski definition) is 1. The van der Waals surface area contributed by atoms with Crippen LogP contribution in [0.15, 0.2) is 47.4 Å². The van der Waals surface area contributed by atoms with E-state index in [4.69, 9.17) is 14.3 Å². The summed E-state index contributed by atoms with van der Waals surface area (Å²) >= 11 is 0. The maximum atomic E-state index is 12.7. The van der Waals surface area contributed by atoms with Crippen LogP contribution in [0.2, 0.25) is 0 Å². The molecule has 2 aromatic rings. The highest BCUT2D eigenvalue weighted by molar-refractivity contribution is 7.89. The molecule has 0 aliphatic carbocycles. The molecule has 0 aromatic heterocycles. The number of aryl methyl sites for hydroxylation is 2. The molecular weight excluding hydrogens is 480 g/mol. The summed E-state index contributed by atoms with van der Waals surface area (Å²) in [5.41, 5.74) is 2.37. The van der Waals surface area contributed by atoms with Gasteiger partial charge >= 0.3 is 5.97 Å². The smallest absolute Gasteiger partial charge is 0.306 e. The molecule has 0 unspecified atom stereocenters. The number of nitrogens with zero attached hydrogens (tertiary/aromatic N) is 1. The maximum absolute atomic E-state index is 12.7. The number of sulfonamides is 1. The van der Waals surface area contributed by atoms with Gasteiger partial charge in [0.25, 0.3) is 10.0 Å². The molecule has 36 heavy (non-hydrogen) atoms. The molecule has 1 N–H and O–H groups in total. The van der Waals surface area contributed by atoms with Crippen LogP contribution in [-0.2, 0) is 37.2 Å². The average molecular weight is 521 g/mol. The minimum absolute atomic E-state index is 0.197. The quantitative estimate of drug-likeness (QED) is 0.213. The molecule has 9 heteroatoms. The van der Waals surface area contributed by atoms with Gasteiger partial charge in [-0.05, 0) is 83.2 Å². The molecule has 0 saturated carbocycles. The summed E-state index contributed by atoms with van der Waals surface area (Å²) in [6.07, 6.45) is 2.56. The van der Waals surface area contributed by atoms with Crippen molar-refractivity contribution < 1.29 is 27.5 Å². The summed E-state index contributed by atoms with van der Waals surface area (Å²) in [5, 5.41) is 3.41. The minimum atomic E-state index is -3.71. The highest BCUT2D eigenvalue weighted by Gasteiger charge is 2.26. The molecular formula is C27H40N2O6S. The molecule has 0 aliphatic heterocycles. The van der Waals surface area contributed by atoms with Gasteiger partial charge in [-0.2, -0.15) is 0 Å². The Morgan fingerprint density at radius 1 is 1.00 bits per heavy atom. The second-order valence-corrected chi connectivity index (χ2v) is 11.3. The molecule has 0 spiro atoms. The van der Waals surface area contributed by atoms with E-state index < -0.39 is 15.6 Å². The second-order valence-electron chi connectivity index (χ2n) is 9.35. The van der Waals surface area contributed by atoms with E-state index >= 15 is 0 Å². The summed E-state index contributed by atoms with van der Waals surface area (Å²) in [6, 6.07) is 12.8. The molecule has 0 amide bonds. The van der Waals surface area contributed by atoms with Gasteiger partial charge < -0.3 is 14.8 Å². The van der Waals surface area contributed by atoms with Gasteiger partial charge in [-0.25, -0.2) is 8.42 Å². The minimum Gasteiger partial charge on any atom is -0.494 e. The standard InChI is InChI=1S/C27H40N2O6S/c1-7-33-25-20-23(15-13-22(25)14-18-26(30)34-8-2)28-19-9-10-21-11-16-24(17-12-21)36(31,32)29(6)35-27(3,4)5/h11-13,15-17,20,28H,7-10,14,18-19H2,1-6H3. The molecule has 2 aromatic carbocycles. The van der Waals surface area contributed by atoms with Crippen molar-refractivity contribution in [3.05, 3.63) is 53.6 Å². The van der Waals surface area contributed by atoms with E-state index in [9.17, 15) is 13.2 Å². The lowest BCUT2D eigenvalue weighted by Gasteiger charge is -2.26. The van der Waals surface area contributed by atoms with E-state index in [1.807, 2.05) is 37.3 Å². The molecule has 0 aliphatic rings. The number of carbonyl (C=O) groups is 1. The van der Waals surface area contributed by atoms with Crippen LogP contribution in [0.4, 0.5) is 5.69 Å². The normalized spacial score (nSPS) is 12.0. The fraction of sp³-hybridized carbons (Fsp3) is 0.519. The summed E-state index contributed by atoms with van der Waals surface area (Å²) in [4.78, 5) is 17.4. The molecule has 200 valence electrons. The van der Waals surface area contributed by atoms with Crippen molar-refractivity contribution in [1.29, 1.82) is 0 Å². The van der Waals surface area contributed by atoms with E-state index in [1.165, 1.54) is 7.05 Å². The molecule has 0 fully saturated rings. The first-order valence-electron chi connectivity index (χ1n) is 12.4. The van der Waals surface area contributed by atoms with Gasteiger partial charge in [0.05, 0.1) is 23.7 Å². The van der Waals surface area contributed by atoms with E-state index in [0.717, 1.165) is 46.4 Å². The van der Waals surface area contributed by atoms with Gasteiger partial charge in [0.2, 0.25) is 0 Å². The second kappa shape index (κ2) is 13.6. The van der Waals surface area contributed by atoms with Crippen molar-refractivity contribution in [2.45, 2.75) is 70.8 Å². The highest BCUT2D eigenvalue weighted by Crippen LogP contribution is 2.25. The molecule has 0 atom stereocenters. The Hall–Kier alpha value is -2.62. The Bertz CT molecular complexity index is 1080. The Balaban J connectivity index is 1.89. The van der Waals surface area contributed by atoms with Gasteiger partial charge in [-0.1, -0.05) is 22.7 Å². The number of esters is 1. The molecule has 0 radical (unpaired) electrons. The van der Waals surface area contributed by atoms with Crippen LogP contribution in [0.1, 0.15) is 58.6 Å². The lowest BCUT2D eigenvalue weighted by atomic mass is 10.1. The Kier molecular flexibility index (Phi) is 11.2. The first-order chi connectivity index (χ1) is 17.0. The molecule has 2 rings (SSSR count). The van der Waals surface area contributed by atoms with Crippen LogP contribution in [-0.4, -0.2) is 51.3 Å². The monoisotopic (exact) mass is 520 g/mol. The number of anilines is 1. The van der Waals surface area contributed by atoms with Gasteiger partial charge in [-0.3, -0.25) is 9.63 Å². The van der Waals surface area contributed by atoms with Crippen molar-refractivity contribution in [2.24, 2.45) is 0 Å². The van der Waals surface area contributed by atoms with Crippen molar-refractivity contribution in [3.8, 4) is 5.75 Å². The fourth-order valence-electron chi connectivity index (χ4n) is 3.57. The number of ether oxygens (including phenoxy) is 2. The van der Waals surface area contributed by atoms with Crippen LogP contribution in [0, 0.1) is 0 Å². The number of nitrogens with one attached hydrogen (secondary N) is 1. The Morgan fingerprint density at radius 3 is 2.31 bits per heavy atom. The third kappa shape index (κ3) is 9.44. The first kappa shape index (κ1) is 29.6. The topological polar surface area (TPSA) is 94.2 Å². The average Bonchev–Trinajstić information content (AvgIpc) is 2.81. The SMILES string of the molecule is CCOC(=O)CCc1ccc(NCCCc2ccc(S(=O)(=O)N(C)OC(C)(C)C)cc2)cc1OCC. The van der Waals surface area contributed by atoms with Crippen molar-refractivity contribution in [1.82, 2.24) is 4.47 Å². The van der Waals surface area contributed by atoms with E-state index in [2.05, 4.69) is 5.32 Å². The van der Waals surface area contributed by atoms with Gasteiger partial charge in [0.15, 0.2) is 0 Å². The van der Waals surface area contributed by atoms with Crippen LogP contribution >= 0.6 is 0 Å². The highest BCUT2D eigenvalue weighted by atomic mass is 32.2. The predicted molar refractivity (Wildman–Crippen MR) is 142 cm³/mol. The number of rotatable bonds is 14. The van der Waals surface area contributed by atoms with Crippen LogP contribution < -0.4 is 10.1 Å². The van der Waals surface area contributed by atoms with Crippen molar-refractivity contribution in [3.63, 3.8) is 0 Å². The third-order valence-electron chi connectivity index (χ3n) is 5.20. The maximum Gasteiger partial charge on any atom is 0.306 e. The van der Waals surface area contributed by atoms with Crippen LogP contribution in [0.5, 0.6) is 5.75 Å². The summed E-state index contributed by atoms with van der Waals surface area (Å²) in [5.74, 6) is 0.557. The largest absolute Gasteiger partial charge is 0.494 e. The summed E-state index contributed by atoms with van der Waals surface area (Å²) in [7, 11) is -2.31. The third-order valence-corrected chi connectivity index (χ3v) is 6.82. The van der Waals surface area contributed by atoms with E-state index in [-0.39, 0.29) is 10.9 Å². The Morgan fingerprint density at radius 2 is 1.69 bits per heavy atom. The zero-order valence-corrected chi connectivity index (χ0v) is 23.1. The van der Waals surface area contributed by atoms with Crippen molar-refractivity contribution >= 4 is 21.7 Å². The zero-order chi connectivity index (χ0) is 26.8. The Labute approximate surface area is 215 Å². The molecule has 0 heterocycles. The van der Waals surface area contributed by atoms with Gasteiger partial charge in [0, 0.05) is 31.8 Å². The summed E-state index contributed by atoms with van der Waals surface area (Å²) < 4.78 is 37.1.